The highest BCUT2D eigenvalue weighted by Gasteiger charge is 2.38. The number of nitrogens with zero attached hydrogens (tertiary/aromatic N) is 9. The lowest BCUT2D eigenvalue weighted by Crippen LogP contribution is -2.57. The van der Waals surface area contributed by atoms with Gasteiger partial charge in [-0.1, -0.05) is 20.4 Å². The minimum atomic E-state index is -0.999. The van der Waals surface area contributed by atoms with E-state index in [0.717, 1.165) is 69.8 Å². The Balaban J connectivity index is 0.919. The van der Waals surface area contributed by atoms with Gasteiger partial charge in [-0.15, -0.1) is 0 Å². The van der Waals surface area contributed by atoms with E-state index in [2.05, 4.69) is 67.2 Å². The number of pyridine rings is 2. The summed E-state index contributed by atoms with van der Waals surface area (Å²) in [6.45, 7) is 18.8. The van der Waals surface area contributed by atoms with Crippen LogP contribution in [0.3, 0.4) is 0 Å². The van der Waals surface area contributed by atoms with E-state index in [9.17, 15) is 24.6 Å². The summed E-state index contributed by atoms with van der Waals surface area (Å²) in [5.74, 6) is -0.112. The van der Waals surface area contributed by atoms with E-state index in [1.165, 1.54) is 21.9 Å². The fourth-order valence-corrected chi connectivity index (χ4v) is 10.4. The van der Waals surface area contributed by atoms with Crippen molar-refractivity contribution in [3.05, 3.63) is 112 Å². The van der Waals surface area contributed by atoms with E-state index < -0.39 is 12.2 Å². The van der Waals surface area contributed by atoms with Gasteiger partial charge in [-0.05, 0) is 106 Å². The maximum Gasteiger partial charge on any atom is 0.293 e. The first kappa shape index (κ1) is 44.8. The maximum atomic E-state index is 14.0. The molecule has 5 aromatic rings. The lowest BCUT2D eigenvalue weighted by atomic mass is 9.90. The third-order valence-electron chi connectivity index (χ3n) is 13.8. The van der Waals surface area contributed by atoms with Gasteiger partial charge in [0.1, 0.15) is 17.1 Å². The topological polar surface area (TPSA) is 177 Å². The summed E-state index contributed by atoms with van der Waals surface area (Å²) in [5.41, 5.74) is 6.98. The molecule has 66 heavy (non-hydrogen) atoms. The number of fused-ring (bicyclic) bond motifs is 3. The summed E-state index contributed by atoms with van der Waals surface area (Å²) in [4.78, 5) is 63.2. The van der Waals surface area contributed by atoms with E-state index in [4.69, 9.17) is 4.98 Å². The molecule has 0 bridgehead atoms. The Labute approximate surface area is 385 Å². The predicted octanol–water partition coefficient (Wildman–Crippen LogP) is 5.59. The molecule has 1 atom stereocenters. The van der Waals surface area contributed by atoms with Gasteiger partial charge in [-0.3, -0.25) is 29.2 Å². The quantitative estimate of drug-likeness (QED) is 0.121. The van der Waals surface area contributed by atoms with Gasteiger partial charge >= 0.3 is 0 Å². The Hall–Kier alpha value is -6.36. The summed E-state index contributed by atoms with van der Waals surface area (Å²) in [6.07, 6.45) is 10.1. The number of hydrogen-bond acceptors (Lipinski definition) is 12. The van der Waals surface area contributed by atoms with E-state index in [1.54, 1.807) is 56.5 Å². The number of aliphatic hydroxyl groups excluding tert-OH is 1. The lowest BCUT2D eigenvalue weighted by molar-refractivity contribution is -0.111. The lowest BCUT2D eigenvalue weighted by Gasteiger charge is -2.47. The molecule has 0 saturated carbocycles. The maximum absolute atomic E-state index is 14.0. The monoisotopic (exact) mass is 895 g/mol. The van der Waals surface area contributed by atoms with Crippen molar-refractivity contribution in [2.24, 2.45) is 12.5 Å². The number of aryl methyl sites for hydroxylation is 1. The van der Waals surface area contributed by atoms with Crippen molar-refractivity contribution in [3.8, 4) is 11.3 Å². The van der Waals surface area contributed by atoms with Gasteiger partial charge in [0.15, 0.2) is 5.82 Å². The minimum Gasteiger partial charge on any atom is -0.392 e. The van der Waals surface area contributed by atoms with E-state index in [0.29, 0.717) is 64.5 Å². The summed E-state index contributed by atoms with van der Waals surface area (Å²) in [5, 5.41) is 27.6. The van der Waals surface area contributed by atoms with Gasteiger partial charge in [-0.25, -0.2) is 9.97 Å². The largest absolute Gasteiger partial charge is 0.392 e. The fraction of sp³-hybridized carbons (Fsp3) is 0.440. The van der Waals surface area contributed by atoms with E-state index in [-0.39, 0.29) is 34.6 Å². The number of carbonyl (C=O) groups is 2. The van der Waals surface area contributed by atoms with Crippen LogP contribution in [0, 0.1) is 5.41 Å². The van der Waals surface area contributed by atoms with Gasteiger partial charge in [0.2, 0.25) is 5.91 Å². The third-order valence-corrected chi connectivity index (χ3v) is 13.8. The number of amides is 2. The molecule has 4 N–H and O–H groups in total. The molecule has 2 saturated heterocycles. The molecule has 7 heterocycles. The number of piperidine rings is 1. The molecule has 1 aliphatic carbocycles. The summed E-state index contributed by atoms with van der Waals surface area (Å²) in [7, 11) is 1.64. The Kier molecular flexibility index (Phi) is 11.9. The van der Waals surface area contributed by atoms with Crippen molar-refractivity contribution in [2.75, 3.05) is 64.6 Å². The molecule has 0 spiro atoms. The number of aliphatic hydroxyl groups is 2. The Bertz CT molecular complexity index is 2760. The third kappa shape index (κ3) is 8.60. The van der Waals surface area contributed by atoms with Crippen LogP contribution in [0.1, 0.15) is 80.5 Å². The van der Waals surface area contributed by atoms with E-state index in [1.807, 2.05) is 30.3 Å². The van der Waals surface area contributed by atoms with Crippen LogP contribution in [-0.4, -0.2) is 102 Å². The number of rotatable bonds is 11. The molecule has 0 radical (unpaired) electrons. The Morgan fingerprint density at radius 2 is 1.76 bits per heavy atom. The van der Waals surface area contributed by atoms with Crippen LogP contribution in [-0.2, 0) is 43.4 Å². The highest BCUT2D eigenvalue weighted by molar-refractivity contribution is 6.06. The van der Waals surface area contributed by atoms with Crippen molar-refractivity contribution in [3.63, 3.8) is 0 Å². The van der Waals surface area contributed by atoms with Gasteiger partial charge in [-0.2, -0.15) is 0 Å². The molecular formula is C50H61N11O5. The van der Waals surface area contributed by atoms with Crippen LogP contribution in [0.5, 0.6) is 0 Å². The number of nitrogens with one attached hydrogen (secondary N) is 2. The second kappa shape index (κ2) is 17.5. The molecule has 1 aromatic carbocycles. The number of benzene rings is 1. The second-order valence-electron chi connectivity index (χ2n) is 19.6. The first-order chi connectivity index (χ1) is 31.5. The Morgan fingerprint density at radius 1 is 0.985 bits per heavy atom. The van der Waals surface area contributed by atoms with Crippen LogP contribution in [0.4, 0.5) is 34.4 Å². The van der Waals surface area contributed by atoms with Crippen LogP contribution in [0.15, 0.2) is 78.5 Å². The fourth-order valence-electron chi connectivity index (χ4n) is 10.4. The van der Waals surface area contributed by atoms with Gasteiger partial charge in [0, 0.05) is 112 Å². The highest BCUT2D eigenvalue weighted by atomic mass is 16.3. The number of anilines is 6. The zero-order valence-electron chi connectivity index (χ0n) is 38.8. The summed E-state index contributed by atoms with van der Waals surface area (Å²) < 4.78 is 3.58. The first-order valence-electron chi connectivity index (χ1n) is 23.0. The molecule has 2 amide bonds. The Morgan fingerprint density at radius 3 is 2.48 bits per heavy atom. The average Bonchev–Trinajstić information content (AvgIpc) is 3.79. The molecule has 3 aliphatic heterocycles. The number of piperazine rings is 1. The molecule has 4 aromatic heterocycles. The van der Waals surface area contributed by atoms with Gasteiger partial charge < -0.3 is 39.8 Å². The number of hydrogen-bond donors (Lipinski definition) is 4. The van der Waals surface area contributed by atoms with Crippen molar-refractivity contribution < 1.29 is 19.8 Å². The molecule has 9 rings (SSSR count). The molecule has 2 fully saturated rings. The predicted molar refractivity (Wildman–Crippen MR) is 258 cm³/mol. The van der Waals surface area contributed by atoms with Crippen LogP contribution >= 0.6 is 0 Å². The molecule has 16 heteroatoms. The van der Waals surface area contributed by atoms with Crippen LogP contribution in [0.25, 0.3) is 11.3 Å². The van der Waals surface area contributed by atoms with Crippen molar-refractivity contribution in [2.45, 2.75) is 91.1 Å². The van der Waals surface area contributed by atoms with Crippen molar-refractivity contribution in [1.29, 1.82) is 0 Å². The molecule has 16 nitrogen and oxygen atoms in total. The first-order valence-corrected chi connectivity index (χ1v) is 23.0. The summed E-state index contributed by atoms with van der Waals surface area (Å²) >= 11 is 0. The molecular weight excluding hydrogens is 835 g/mol. The van der Waals surface area contributed by atoms with Crippen molar-refractivity contribution >= 4 is 46.2 Å². The zero-order chi connectivity index (χ0) is 46.7. The smallest absolute Gasteiger partial charge is 0.293 e. The zero-order valence-corrected chi connectivity index (χ0v) is 38.8. The number of aromatic nitrogens is 5. The highest BCUT2D eigenvalue weighted by Crippen LogP contribution is 2.41. The van der Waals surface area contributed by atoms with Crippen molar-refractivity contribution in [1.82, 2.24) is 29.0 Å². The molecule has 1 unspecified atom stereocenters. The van der Waals surface area contributed by atoms with Gasteiger partial charge in [0.05, 0.1) is 29.4 Å². The van der Waals surface area contributed by atoms with Crippen LogP contribution in [0.2, 0.25) is 0 Å². The molecule has 346 valence electrons. The SMILES string of the molecule is C=CC(=O)Nc1cc(Nc2nc(-c3ccnc(N4CCn5c(cc6c5CC(C)(C)C6)C4=O)c3CO)cn(C)c2=O)ccc1N1CCN(C2CCN(c3ccnc(C(C)(C)O)c3)CC2)CC1C. The van der Waals surface area contributed by atoms with Gasteiger partial charge in [0.25, 0.3) is 11.5 Å². The van der Waals surface area contributed by atoms with E-state index >= 15 is 0 Å². The average molecular weight is 896 g/mol. The van der Waals surface area contributed by atoms with Crippen LogP contribution < -0.4 is 30.9 Å². The number of carbonyl (C=O) groups excluding carboxylic acids is 2. The standard InChI is InChI=1S/C50H61N11O5/c1-8-44(63)54-38-24-33(9-10-40(38)59-20-19-58(28-31(59)2)34-13-17-57(18-14-34)35-11-15-51-43(25-35)50(5,6)66)53-45-48(65)56(7)29-39(55-45)36-12-16-52-46(37(36)30-62)61-22-21-60-41(47(61)64)23-32-26-49(3,4)27-42(32)60/h8-12,15-16,23-25,29,31,34,62,66H,1,13-14,17-22,26-28,30H2,2-7H3,(H,53,55)(H,54,63). The summed E-state index contributed by atoms with van der Waals surface area (Å²) in [6, 6.07) is 14.0. The second-order valence-corrected chi connectivity index (χ2v) is 19.6. The molecule has 4 aliphatic rings. The normalized spacial score (nSPS) is 18.9. The minimum absolute atomic E-state index is 0.0463.